The average molecular weight is 636 g/mol. The number of carbonyl (C=O) groups is 2. The lowest BCUT2D eigenvalue weighted by molar-refractivity contribution is -0.140. The van der Waals surface area contributed by atoms with Crippen molar-refractivity contribution in [2.45, 2.75) is 50.7 Å². The zero-order chi connectivity index (χ0) is 31.9. The van der Waals surface area contributed by atoms with Gasteiger partial charge in [0.25, 0.3) is 10.0 Å². The summed E-state index contributed by atoms with van der Waals surface area (Å²) in [4.78, 5) is 29.4. The maximum atomic E-state index is 14.4. The van der Waals surface area contributed by atoms with Crippen molar-refractivity contribution in [3.8, 4) is 0 Å². The zero-order valence-corrected chi connectivity index (χ0v) is 26.4. The van der Waals surface area contributed by atoms with Crippen molar-refractivity contribution in [1.82, 2.24) is 10.2 Å². The maximum absolute atomic E-state index is 14.4. The number of sulfonamides is 1. The summed E-state index contributed by atoms with van der Waals surface area (Å²) in [5.74, 6) is -1.43. The molecule has 0 aliphatic carbocycles. The first-order chi connectivity index (χ1) is 20.9. The molecule has 0 radical (unpaired) electrons. The number of anilines is 1. The number of aryl methyl sites for hydroxylation is 1. The van der Waals surface area contributed by atoms with Crippen molar-refractivity contribution in [3.05, 3.63) is 131 Å². The van der Waals surface area contributed by atoms with E-state index in [-0.39, 0.29) is 35.5 Å². The van der Waals surface area contributed by atoms with Crippen molar-refractivity contribution in [1.29, 1.82) is 0 Å². The first kappa shape index (κ1) is 32.7. The third-order valence-corrected chi connectivity index (χ3v) is 9.01. The Morgan fingerprint density at radius 2 is 1.45 bits per heavy atom. The molecule has 0 aromatic heterocycles. The van der Waals surface area contributed by atoms with Crippen molar-refractivity contribution in [3.63, 3.8) is 0 Å². The average Bonchev–Trinajstić information content (AvgIpc) is 2.99. The maximum Gasteiger partial charge on any atom is 0.264 e. The van der Waals surface area contributed by atoms with Crippen LogP contribution in [0.1, 0.15) is 30.5 Å². The fraction of sp³-hybridized carbons (Fsp3) is 0.235. The molecule has 4 aromatic carbocycles. The molecule has 2 amide bonds. The van der Waals surface area contributed by atoms with Crippen LogP contribution in [0.5, 0.6) is 0 Å². The van der Waals surface area contributed by atoms with Crippen molar-refractivity contribution in [2.24, 2.45) is 0 Å². The topological polar surface area (TPSA) is 86.8 Å². The second-order valence-corrected chi connectivity index (χ2v) is 13.1. The molecule has 230 valence electrons. The Hall–Kier alpha value is -4.21. The van der Waals surface area contributed by atoms with Crippen LogP contribution in [0.2, 0.25) is 5.02 Å². The molecule has 4 aromatic rings. The molecule has 7 nitrogen and oxygen atoms in total. The summed E-state index contributed by atoms with van der Waals surface area (Å²) < 4.78 is 42.8. The number of carbonyl (C=O) groups excluding carboxylic acids is 2. The van der Waals surface area contributed by atoms with Gasteiger partial charge in [-0.25, -0.2) is 12.8 Å². The van der Waals surface area contributed by atoms with E-state index < -0.39 is 34.3 Å². The van der Waals surface area contributed by atoms with Crippen LogP contribution < -0.4 is 9.62 Å². The van der Waals surface area contributed by atoms with Crippen molar-refractivity contribution >= 4 is 39.1 Å². The number of benzene rings is 4. The minimum Gasteiger partial charge on any atom is -0.352 e. The normalized spacial score (nSPS) is 12.0. The monoisotopic (exact) mass is 635 g/mol. The van der Waals surface area contributed by atoms with Gasteiger partial charge in [0.1, 0.15) is 18.4 Å². The molecule has 0 unspecified atom stereocenters. The molecule has 4 rings (SSSR count). The predicted octanol–water partition coefficient (Wildman–Crippen LogP) is 6.15. The van der Waals surface area contributed by atoms with Crippen molar-refractivity contribution in [2.75, 3.05) is 10.8 Å². The third-order valence-electron chi connectivity index (χ3n) is 6.97. The Bertz CT molecular complexity index is 1660. The van der Waals surface area contributed by atoms with Gasteiger partial charge in [0.05, 0.1) is 10.6 Å². The van der Waals surface area contributed by atoms with E-state index in [0.717, 1.165) is 15.4 Å². The Morgan fingerprint density at radius 3 is 2.05 bits per heavy atom. The molecule has 10 heteroatoms. The number of hydrogen-bond acceptors (Lipinski definition) is 4. The number of halogens is 2. The third kappa shape index (κ3) is 8.45. The number of nitrogens with zero attached hydrogens (tertiary/aromatic N) is 2. The van der Waals surface area contributed by atoms with E-state index >= 15 is 0 Å². The van der Waals surface area contributed by atoms with Crippen LogP contribution in [0, 0.1) is 12.7 Å². The summed E-state index contributed by atoms with van der Waals surface area (Å²) in [5.41, 5.74) is 2.59. The highest BCUT2D eigenvalue weighted by Crippen LogP contribution is 2.26. The highest BCUT2D eigenvalue weighted by Gasteiger charge is 2.34. The van der Waals surface area contributed by atoms with Crippen LogP contribution in [-0.4, -0.2) is 43.8 Å². The lowest BCUT2D eigenvalue weighted by atomic mass is 10.0. The number of amides is 2. The molecule has 0 bridgehead atoms. The summed E-state index contributed by atoms with van der Waals surface area (Å²) >= 11 is 6.02. The van der Waals surface area contributed by atoms with Gasteiger partial charge in [-0.1, -0.05) is 71.8 Å². The minimum atomic E-state index is -4.24. The minimum absolute atomic E-state index is 0.0428. The second kappa shape index (κ2) is 14.5. The molecule has 0 saturated heterocycles. The lowest BCUT2D eigenvalue weighted by Gasteiger charge is -2.34. The first-order valence-corrected chi connectivity index (χ1v) is 16.0. The van der Waals surface area contributed by atoms with Crippen molar-refractivity contribution < 1.29 is 22.4 Å². The Morgan fingerprint density at radius 1 is 0.841 bits per heavy atom. The highest BCUT2D eigenvalue weighted by molar-refractivity contribution is 7.92. The molecular weight excluding hydrogens is 601 g/mol. The predicted molar refractivity (Wildman–Crippen MR) is 171 cm³/mol. The van der Waals surface area contributed by atoms with Gasteiger partial charge in [-0.15, -0.1) is 0 Å². The van der Waals surface area contributed by atoms with Crippen LogP contribution in [-0.2, 0) is 32.6 Å². The summed E-state index contributed by atoms with van der Waals surface area (Å²) in [7, 11) is -4.24. The van der Waals surface area contributed by atoms with Crippen LogP contribution in [0.15, 0.2) is 108 Å². The fourth-order valence-corrected chi connectivity index (χ4v) is 6.23. The van der Waals surface area contributed by atoms with E-state index in [2.05, 4.69) is 5.32 Å². The van der Waals surface area contributed by atoms with E-state index in [1.54, 1.807) is 24.3 Å². The number of rotatable bonds is 12. The molecular formula is C34H35ClFN3O4S. The van der Waals surface area contributed by atoms with Gasteiger partial charge >= 0.3 is 0 Å². The van der Waals surface area contributed by atoms with Gasteiger partial charge in [0.2, 0.25) is 11.8 Å². The Kier molecular flexibility index (Phi) is 10.8. The Balaban J connectivity index is 1.79. The van der Waals surface area contributed by atoms with E-state index in [1.807, 2.05) is 51.1 Å². The first-order valence-electron chi connectivity index (χ1n) is 14.2. The van der Waals surface area contributed by atoms with Crippen LogP contribution in [0.3, 0.4) is 0 Å². The molecule has 1 atom stereocenters. The lowest BCUT2D eigenvalue weighted by Crippen LogP contribution is -2.54. The Labute approximate surface area is 263 Å². The van der Waals surface area contributed by atoms with Gasteiger partial charge < -0.3 is 10.2 Å². The largest absolute Gasteiger partial charge is 0.352 e. The smallest absolute Gasteiger partial charge is 0.264 e. The molecule has 0 spiro atoms. The van der Waals surface area contributed by atoms with E-state index in [0.29, 0.717) is 10.6 Å². The van der Waals surface area contributed by atoms with Gasteiger partial charge in [-0.2, -0.15) is 0 Å². The number of nitrogens with one attached hydrogen (secondary N) is 1. The zero-order valence-electron chi connectivity index (χ0n) is 24.8. The van der Waals surface area contributed by atoms with Crippen LogP contribution in [0.4, 0.5) is 10.1 Å². The molecule has 0 aliphatic heterocycles. The molecule has 0 heterocycles. The van der Waals surface area contributed by atoms with Crippen LogP contribution in [0.25, 0.3) is 0 Å². The molecule has 0 fully saturated rings. The van der Waals surface area contributed by atoms with Gasteiger partial charge in [0, 0.05) is 24.0 Å². The summed E-state index contributed by atoms with van der Waals surface area (Å²) in [6.45, 7) is 4.88. The standard InChI is InChI=1S/C34H35ClFN3O4S/c1-24(2)37-34(41)32(21-26-7-5-4-6-8-26)38(22-27-11-15-29(36)16-12-27)33(40)23-39(30-17-9-25(3)10-18-30)44(42,43)31-19-13-28(35)14-20-31/h4-20,24,32H,21-23H2,1-3H3,(H,37,41)/t32-/m1/s1. The van der Waals surface area contributed by atoms with E-state index in [1.165, 1.54) is 53.4 Å². The van der Waals surface area contributed by atoms with E-state index in [4.69, 9.17) is 11.6 Å². The second-order valence-electron chi connectivity index (χ2n) is 10.8. The summed E-state index contributed by atoms with van der Waals surface area (Å²) in [5, 5.41) is 3.28. The summed E-state index contributed by atoms with van der Waals surface area (Å²) in [6, 6.07) is 26.2. The molecule has 44 heavy (non-hydrogen) atoms. The quantitative estimate of drug-likeness (QED) is 0.202. The van der Waals surface area contributed by atoms with Gasteiger partial charge in [0.15, 0.2) is 0 Å². The van der Waals surface area contributed by atoms with Gasteiger partial charge in [-0.05, 0) is 80.4 Å². The van der Waals surface area contributed by atoms with E-state index in [9.17, 15) is 22.4 Å². The van der Waals surface area contributed by atoms with Gasteiger partial charge in [-0.3, -0.25) is 13.9 Å². The highest BCUT2D eigenvalue weighted by atomic mass is 35.5. The fourth-order valence-electron chi connectivity index (χ4n) is 4.69. The number of hydrogen-bond donors (Lipinski definition) is 1. The SMILES string of the molecule is Cc1ccc(N(CC(=O)N(Cc2ccc(F)cc2)[C@H](Cc2ccccc2)C(=O)NC(C)C)S(=O)(=O)c2ccc(Cl)cc2)cc1. The van der Waals surface area contributed by atoms with Crippen LogP contribution >= 0.6 is 11.6 Å². The summed E-state index contributed by atoms with van der Waals surface area (Å²) in [6.07, 6.45) is 0.181. The molecule has 1 N–H and O–H groups in total. The molecule has 0 aliphatic rings. The molecule has 0 saturated carbocycles.